The smallest absolute Gasteiger partial charge is 0.242 e. The van der Waals surface area contributed by atoms with Gasteiger partial charge in [0.25, 0.3) is 0 Å². The average Bonchev–Trinajstić information content (AvgIpc) is 2.85. The number of morpholine rings is 2. The zero-order valence-corrected chi connectivity index (χ0v) is 15.7. The summed E-state index contributed by atoms with van der Waals surface area (Å²) < 4.78 is 13.1. The first-order valence-electron chi connectivity index (χ1n) is 7.86. The molecule has 2 atom stereocenters. The van der Waals surface area contributed by atoms with E-state index in [4.69, 9.17) is 9.47 Å². The van der Waals surface area contributed by atoms with Crippen molar-refractivity contribution in [1.29, 1.82) is 0 Å². The number of nitrogens with zero attached hydrogens (tertiary/aromatic N) is 3. The summed E-state index contributed by atoms with van der Waals surface area (Å²) in [6.07, 6.45) is -0.0137. The van der Waals surface area contributed by atoms with Gasteiger partial charge in [0.05, 0.1) is 38.2 Å². The third-order valence-electron chi connectivity index (χ3n) is 4.15. The number of nitrogens with one attached hydrogen (secondary N) is 1. The fourth-order valence-electron chi connectivity index (χ4n) is 3.03. The van der Waals surface area contributed by atoms with Crippen molar-refractivity contribution in [2.45, 2.75) is 32.5 Å². The van der Waals surface area contributed by atoms with Crippen LogP contribution in [0.4, 0.5) is 0 Å². The summed E-state index contributed by atoms with van der Waals surface area (Å²) in [7, 11) is 0. The normalized spacial score (nSPS) is 24.0. The van der Waals surface area contributed by atoms with E-state index in [2.05, 4.69) is 16.5 Å². The van der Waals surface area contributed by atoms with Crippen LogP contribution in [0, 0.1) is 13.8 Å². The highest BCUT2D eigenvalue weighted by Gasteiger charge is 2.30. The van der Waals surface area contributed by atoms with Crippen LogP contribution in [0.3, 0.4) is 0 Å². The highest BCUT2D eigenvalue weighted by Crippen LogP contribution is 2.12. The maximum atomic E-state index is 12.5. The molecule has 2 aliphatic rings. The van der Waals surface area contributed by atoms with Crippen LogP contribution in [0.25, 0.3) is 0 Å². The summed E-state index contributed by atoms with van der Waals surface area (Å²) in [5.41, 5.74) is 2.12. The maximum Gasteiger partial charge on any atom is 0.242 e. The number of aromatic nitrogens is 2. The highest BCUT2D eigenvalue weighted by atomic mass is 35.5. The van der Waals surface area contributed by atoms with E-state index in [9.17, 15) is 4.79 Å². The van der Waals surface area contributed by atoms with Gasteiger partial charge >= 0.3 is 0 Å². The molecule has 2 aliphatic heterocycles. The fourth-order valence-corrected chi connectivity index (χ4v) is 3.03. The van der Waals surface area contributed by atoms with Gasteiger partial charge in [-0.05, 0) is 19.9 Å². The van der Waals surface area contributed by atoms with Gasteiger partial charge in [-0.2, -0.15) is 5.10 Å². The van der Waals surface area contributed by atoms with Crippen LogP contribution < -0.4 is 5.32 Å². The molecule has 1 N–H and O–H groups in total. The summed E-state index contributed by atoms with van der Waals surface area (Å²) in [6, 6.07) is 1.83. The third-order valence-corrected chi connectivity index (χ3v) is 4.15. The van der Waals surface area contributed by atoms with E-state index >= 15 is 0 Å². The average molecular weight is 381 g/mol. The summed E-state index contributed by atoms with van der Waals surface area (Å²) in [4.78, 5) is 14.4. The fraction of sp³-hybridized carbons (Fsp3) is 0.733. The van der Waals surface area contributed by atoms with Gasteiger partial charge in [0.15, 0.2) is 0 Å². The first-order chi connectivity index (χ1) is 10.6. The molecule has 0 bridgehead atoms. The minimum Gasteiger partial charge on any atom is -0.378 e. The number of ether oxygens (including phenoxy) is 2. The quantitative estimate of drug-likeness (QED) is 0.829. The molecule has 1 aromatic heterocycles. The lowest BCUT2D eigenvalue weighted by atomic mass is 10.2. The molecule has 2 unspecified atom stereocenters. The molecule has 0 saturated carbocycles. The first-order valence-corrected chi connectivity index (χ1v) is 7.86. The molecule has 2 saturated heterocycles. The molecule has 3 heterocycles. The number of hydrogen-bond acceptors (Lipinski definition) is 5. The SMILES string of the molecule is Cc1cc(C)n(CC2CN(C(=O)C3COCCN3)CCO2)n1.Cl.Cl. The van der Waals surface area contributed by atoms with Gasteiger partial charge in [-0.25, -0.2) is 0 Å². The van der Waals surface area contributed by atoms with Crippen LogP contribution in [0.2, 0.25) is 0 Å². The minimum atomic E-state index is -0.221. The van der Waals surface area contributed by atoms with Crippen molar-refractivity contribution in [3.8, 4) is 0 Å². The van der Waals surface area contributed by atoms with Crippen LogP contribution in [0.5, 0.6) is 0 Å². The second-order valence-electron chi connectivity index (χ2n) is 5.97. The molecule has 0 aromatic carbocycles. The Bertz CT molecular complexity index is 535. The number of halogens is 2. The molecule has 3 rings (SSSR count). The number of amides is 1. The number of carbonyl (C=O) groups is 1. The Labute approximate surface area is 154 Å². The Kier molecular flexibility index (Phi) is 8.45. The second-order valence-corrected chi connectivity index (χ2v) is 5.97. The van der Waals surface area contributed by atoms with Gasteiger partial charge < -0.3 is 19.7 Å². The minimum absolute atomic E-state index is 0. The number of rotatable bonds is 3. The van der Waals surface area contributed by atoms with Crippen molar-refractivity contribution in [3.63, 3.8) is 0 Å². The number of carbonyl (C=O) groups excluding carboxylic acids is 1. The van der Waals surface area contributed by atoms with Crippen LogP contribution >= 0.6 is 24.8 Å². The van der Waals surface area contributed by atoms with Crippen LogP contribution in [-0.2, 0) is 20.8 Å². The highest BCUT2D eigenvalue weighted by molar-refractivity contribution is 5.85. The molecule has 24 heavy (non-hydrogen) atoms. The van der Waals surface area contributed by atoms with E-state index in [0.29, 0.717) is 39.5 Å². The van der Waals surface area contributed by atoms with E-state index in [1.807, 2.05) is 23.4 Å². The molecule has 0 radical (unpaired) electrons. The zero-order valence-electron chi connectivity index (χ0n) is 14.1. The Hall–Kier alpha value is -0.860. The molecule has 2 fully saturated rings. The van der Waals surface area contributed by atoms with Crippen molar-refractivity contribution in [2.24, 2.45) is 0 Å². The molecule has 1 aromatic rings. The van der Waals surface area contributed by atoms with Gasteiger partial charge in [-0.15, -0.1) is 24.8 Å². The molecular weight excluding hydrogens is 355 g/mol. The lowest BCUT2D eigenvalue weighted by molar-refractivity contribution is -0.144. The van der Waals surface area contributed by atoms with Gasteiger partial charge in [-0.3, -0.25) is 9.48 Å². The first kappa shape index (κ1) is 21.2. The monoisotopic (exact) mass is 380 g/mol. The summed E-state index contributed by atoms with van der Waals surface area (Å²) in [6.45, 7) is 8.38. The summed E-state index contributed by atoms with van der Waals surface area (Å²) in [5.74, 6) is 0.112. The van der Waals surface area contributed by atoms with Crippen molar-refractivity contribution < 1.29 is 14.3 Å². The molecule has 138 valence electrons. The number of aryl methyl sites for hydroxylation is 2. The number of hydrogen-bond donors (Lipinski definition) is 1. The van der Waals surface area contributed by atoms with Gasteiger partial charge in [0.2, 0.25) is 5.91 Å². The lowest BCUT2D eigenvalue weighted by Gasteiger charge is -2.36. The molecular formula is C15H26Cl2N4O3. The van der Waals surface area contributed by atoms with Crippen molar-refractivity contribution in [3.05, 3.63) is 17.5 Å². The van der Waals surface area contributed by atoms with Crippen LogP contribution in [0.1, 0.15) is 11.4 Å². The predicted molar refractivity (Wildman–Crippen MR) is 95.1 cm³/mol. The van der Waals surface area contributed by atoms with Crippen molar-refractivity contribution in [2.75, 3.05) is 39.5 Å². The molecule has 1 amide bonds. The molecule has 0 spiro atoms. The van der Waals surface area contributed by atoms with Gasteiger partial charge in [-0.1, -0.05) is 0 Å². The van der Waals surface area contributed by atoms with Gasteiger partial charge in [0, 0.05) is 25.3 Å². The molecule has 7 nitrogen and oxygen atoms in total. The molecule has 0 aliphatic carbocycles. The molecule has 9 heteroatoms. The summed E-state index contributed by atoms with van der Waals surface area (Å²) in [5, 5.41) is 7.68. The largest absolute Gasteiger partial charge is 0.378 e. The Morgan fingerprint density at radius 3 is 2.79 bits per heavy atom. The lowest BCUT2D eigenvalue weighted by Crippen LogP contribution is -2.56. The zero-order chi connectivity index (χ0) is 15.5. The third kappa shape index (κ3) is 5.07. The van der Waals surface area contributed by atoms with Crippen molar-refractivity contribution in [1.82, 2.24) is 20.0 Å². The summed E-state index contributed by atoms with van der Waals surface area (Å²) >= 11 is 0. The Morgan fingerprint density at radius 2 is 2.17 bits per heavy atom. The van der Waals surface area contributed by atoms with E-state index in [1.165, 1.54) is 0 Å². The van der Waals surface area contributed by atoms with E-state index in [-0.39, 0.29) is 42.9 Å². The van der Waals surface area contributed by atoms with E-state index < -0.39 is 0 Å². The van der Waals surface area contributed by atoms with Crippen LogP contribution in [0.15, 0.2) is 6.07 Å². The predicted octanol–water partition coefficient (Wildman–Crippen LogP) is 0.559. The van der Waals surface area contributed by atoms with Gasteiger partial charge in [0.1, 0.15) is 6.04 Å². The maximum absolute atomic E-state index is 12.5. The second kappa shape index (κ2) is 9.58. The Morgan fingerprint density at radius 1 is 1.38 bits per heavy atom. The topological polar surface area (TPSA) is 68.6 Å². The van der Waals surface area contributed by atoms with Crippen molar-refractivity contribution >= 4 is 30.7 Å². The van der Waals surface area contributed by atoms with E-state index in [0.717, 1.165) is 17.9 Å². The standard InChI is InChI=1S/C15H24N4O3.2ClH/c1-11-7-12(2)19(17-11)9-13-8-18(4-6-22-13)15(20)14-10-21-5-3-16-14;;/h7,13-14,16H,3-6,8-10H2,1-2H3;2*1H. The van der Waals surface area contributed by atoms with E-state index in [1.54, 1.807) is 0 Å². The van der Waals surface area contributed by atoms with Crippen LogP contribution in [-0.4, -0.2) is 72.2 Å². The Balaban J connectivity index is 0.00000144.